The maximum atomic E-state index is 13.5. The van der Waals surface area contributed by atoms with E-state index < -0.39 is 17.5 Å². The first-order chi connectivity index (χ1) is 14.2. The Bertz CT molecular complexity index is 1120. The average molecular weight is 405 g/mol. The number of esters is 1. The molecule has 4 nitrogen and oxygen atoms in total. The number of ether oxygens (including phenoxy) is 1. The Labute approximate surface area is 175 Å². The fourth-order valence-electron chi connectivity index (χ4n) is 4.17. The van der Waals surface area contributed by atoms with E-state index in [0.717, 1.165) is 22.5 Å². The van der Waals surface area contributed by atoms with Crippen molar-refractivity contribution in [3.63, 3.8) is 0 Å². The SMILES string of the molecule is CC(=O)OC1c2c(cc(-c3ccc(F)cc3)n2-c2ccc(C)cc2)C(=O)CC1(C)C. The third-order valence-corrected chi connectivity index (χ3v) is 5.63. The fourth-order valence-corrected chi connectivity index (χ4v) is 4.17. The molecule has 3 aromatic rings. The number of halogens is 1. The molecule has 0 aliphatic heterocycles. The van der Waals surface area contributed by atoms with Crippen molar-refractivity contribution < 1.29 is 18.7 Å². The van der Waals surface area contributed by atoms with E-state index in [-0.39, 0.29) is 18.0 Å². The molecule has 0 saturated carbocycles. The van der Waals surface area contributed by atoms with Crippen LogP contribution in [0.4, 0.5) is 4.39 Å². The molecule has 0 radical (unpaired) electrons. The summed E-state index contributed by atoms with van der Waals surface area (Å²) in [4.78, 5) is 25.0. The highest BCUT2D eigenvalue weighted by molar-refractivity contribution is 6.01. The van der Waals surface area contributed by atoms with Crippen molar-refractivity contribution in [3.8, 4) is 16.9 Å². The standard InChI is InChI=1S/C25H24FNO3/c1-15-5-11-19(12-6-15)27-21(17-7-9-18(26)10-8-17)13-20-22(29)14-25(3,4)24(23(20)27)30-16(2)28/h5-13,24H,14H2,1-4H3. The molecule has 4 rings (SSSR count). The molecule has 0 spiro atoms. The highest BCUT2D eigenvalue weighted by Gasteiger charge is 2.45. The molecule has 1 unspecified atom stereocenters. The molecule has 1 atom stereocenters. The molecule has 1 aliphatic carbocycles. The summed E-state index contributed by atoms with van der Waals surface area (Å²) >= 11 is 0. The van der Waals surface area contributed by atoms with Crippen LogP contribution in [-0.2, 0) is 9.53 Å². The number of benzene rings is 2. The number of carbonyl (C=O) groups excluding carboxylic acids is 2. The van der Waals surface area contributed by atoms with Crippen molar-refractivity contribution in [3.05, 3.63) is 77.2 Å². The number of ketones is 1. The van der Waals surface area contributed by atoms with Crippen molar-refractivity contribution >= 4 is 11.8 Å². The van der Waals surface area contributed by atoms with Gasteiger partial charge >= 0.3 is 5.97 Å². The van der Waals surface area contributed by atoms with Crippen LogP contribution in [0.25, 0.3) is 16.9 Å². The van der Waals surface area contributed by atoms with Crippen molar-refractivity contribution in [1.82, 2.24) is 4.57 Å². The van der Waals surface area contributed by atoms with Gasteiger partial charge in [-0.05, 0) is 55.0 Å². The maximum absolute atomic E-state index is 13.5. The number of aromatic nitrogens is 1. The lowest BCUT2D eigenvalue weighted by Gasteiger charge is -2.38. The highest BCUT2D eigenvalue weighted by Crippen LogP contribution is 2.49. The second kappa shape index (κ2) is 7.24. The second-order valence-corrected chi connectivity index (χ2v) is 8.58. The molecule has 0 N–H and O–H groups in total. The van der Waals surface area contributed by atoms with E-state index >= 15 is 0 Å². The van der Waals surface area contributed by atoms with Crippen LogP contribution in [-0.4, -0.2) is 16.3 Å². The van der Waals surface area contributed by atoms with E-state index in [9.17, 15) is 14.0 Å². The highest BCUT2D eigenvalue weighted by atomic mass is 19.1. The van der Waals surface area contributed by atoms with E-state index in [1.165, 1.54) is 19.1 Å². The van der Waals surface area contributed by atoms with E-state index in [1.54, 1.807) is 12.1 Å². The van der Waals surface area contributed by atoms with Gasteiger partial charge in [0.05, 0.1) is 11.4 Å². The molecular formula is C25H24FNO3. The van der Waals surface area contributed by atoms with Gasteiger partial charge in [0.15, 0.2) is 5.78 Å². The number of hydrogen-bond acceptors (Lipinski definition) is 3. The molecule has 1 heterocycles. The second-order valence-electron chi connectivity index (χ2n) is 8.58. The fraction of sp³-hybridized carbons (Fsp3) is 0.280. The first-order valence-electron chi connectivity index (χ1n) is 9.96. The largest absolute Gasteiger partial charge is 0.455 e. The molecule has 0 amide bonds. The number of nitrogens with zero attached hydrogens (tertiary/aromatic N) is 1. The van der Waals surface area contributed by atoms with Crippen LogP contribution >= 0.6 is 0 Å². The Hall–Kier alpha value is -3.21. The molecule has 2 aromatic carbocycles. The number of Topliss-reactive ketones (excluding diaryl/α,β-unsaturated/α-hetero) is 1. The molecule has 0 saturated heterocycles. The zero-order valence-corrected chi connectivity index (χ0v) is 17.5. The van der Waals surface area contributed by atoms with Crippen LogP contribution in [0.1, 0.15) is 54.9 Å². The molecule has 0 bridgehead atoms. The summed E-state index contributed by atoms with van der Waals surface area (Å²) in [7, 11) is 0. The van der Waals surface area contributed by atoms with E-state index in [2.05, 4.69) is 0 Å². The summed E-state index contributed by atoms with van der Waals surface area (Å²) in [5, 5.41) is 0. The topological polar surface area (TPSA) is 48.3 Å². The minimum atomic E-state index is -0.585. The lowest BCUT2D eigenvalue weighted by molar-refractivity contribution is -0.154. The monoisotopic (exact) mass is 405 g/mol. The van der Waals surface area contributed by atoms with Gasteiger partial charge in [-0.25, -0.2) is 4.39 Å². The van der Waals surface area contributed by atoms with Crippen molar-refractivity contribution in [2.45, 2.75) is 40.2 Å². The molecule has 0 fully saturated rings. The Morgan fingerprint density at radius 3 is 2.33 bits per heavy atom. The number of fused-ring (bicyclic) bond motifs is 1. The minimum Gasteiger partial charge on any atom is -0.455 e. The summed E-state index contributed by atoms with van der Waals surface area (Å²) < 4.78 is 21.3. The quantitative estimate of drug-likeness (QED) is 0.517. The Kier molecular flexibility index (Phi) is 4.85. The van der Waals surface area contributed by atoms with Gasteiger partial charge < -0.3 is 9.30 Å². The van der Waals surface area contributed by atoms with Crippen LogP contribution in [0, 0.1) is 18.2 Å². The lowest BCUT2D eigenvalue weighted by atomic mass is 9.73. The lowest BCUT2D eigenvalue weighted by Crippen LogP contribution is -2.35. The van der Waals surface area contributed by atoms with Gasteiger partial charge in [-0.3, -0.25) is 9.59 Å². The first kappa shape index (κ1) is 20.1. The van der Waals surface area contributed by atoms with Gasteiger partial charge in [0.25, 0.3) is 0 Å². The average Bonchev–Trinajstić information content (AvgIpc) is 3.06. The van der Waals surface area contributed by atoms with E-state index in [0.29, 0.717) is 11.3 Å². The molecule has 1 aromatic heterocycles. The Morgan fingerprint density at radius 2 is 1.73 bits per heavy atom. The van der Waals surface area contributed by atoms with Crippen LogP contribution < -0.4 is 0 Å². The van der Waals surface area contributed by atoms with Gasteiger partial charge in [0, 0.05) is 30.0 Å². The predicted octanol–water partition coefficient (Wildman–Crippen LogP) is 5.81. The summed E-state index contributed by atoms with van der Waals surface area (Å²) in [5.41, 5.74) is 4.14. The zero-order chi connectivity index (χ0) is 21.6. The Morgan fingerprint density at radius 1 is 1.10 bits per heavy atom. The van der Waals surface area contributed by atoms with E-state index in [4.69, 9.17) is 4.74 Å². The van der Waals surface area contributed by atoms with Crippen LogP contribution in [0.5, 0.6) is 0 Å². The Balaban J connectivity index is 2.04. The van der Waals surface area contributed by atoms with Crippen LogP contribution in [0.3, 0.4) is 0 Å². The van der Waals surface area contributed by atoms with Gasteiger partial charge in [0.2, 0.25) is 0 Å². The van der Waals surface area contributed by atoms with Crippen molar-refractivity contribution in [2.75, 3.05) is 0 Å². The predicted molar refractivity (Wildman–Crippen MR) is 113 cm³/mol. The number of aryl methyl sites for hydroxylation is 1. The minimum absolute atomic E-state index is 0.00706. The summed E-state index contributed by atoms with van der Waals surface area (Å²) in [6, 6.07) is 15.9. The van der Waals surface area contributed by atoms with Crippen LogP contribution in [0.2, 0.25) is 0 Å². The van der Waals surface area contributed by atoms with Crippen LogP contribution in [0.15, 0.2) is 54.6 Å². The third kappa shape index (κ3) is 3.45. The molecule has 5 heteroatoms. The maximum Gasteiger partial charge on any atom is 0.303 e. The number of rotatable bonds is 3. The number of carbonyl (C=O) groups is 2. The van der Waals surface area contributed by atoms with E-state index in [1.807, 2.05) is 55.7 Å². The van der Waals surface area contributed by atoms with Gasteiger partial charge in [0.1, 0.15) is 11.9 Å². The van der Waals surface area contributed by atoms with Gasteiger partial charge in [-0.2, -0.15) is 0 Å². The summed E-state index contributed by atoms with van der Waals surface area (Å²) in [6.07, 6.45) is -0.308. The first-order valence-corrected chi connectivity index (χ1v) is 9.96. The third-order valence-electron chi connectivity index (χ3n) is 5.63. The van der Waals surface area contributed by atoms with Crippen molar-refractivity contribution in [2.24, 2.45) is 5.41 Å². The number of hydrogen-bond donors (Lipinski definition) is 0. The summed E-state index contributed by atoms with van der Waals surface area (Å²) in [5.74, 6) is -0.715. The smallest absolute Gasteiger partial charge is 0.303 e. The van der Waals surface area contributed by atoms with Crippen molar-refractivity contribution in [1.29, 1.82) is 0 Å². The van der Waals surface area contributed by atoms with Gasteiger partial charge in [-0.1, -0.05) is 31.5 Å². The molecule has 30 heavy (non-hydrogen) atoms. The zero-order valence-electron chi connectivity index (χ0n) is 17.5. The van der Waals surface area contributed by atoms with Gasteiger partial charge in [-0.15, -0.1) is 0 Å². The normalized spacial score (nSPS) is 17.5. The molecule has 1 aliphatic rings. The molecule has 154 valence electrons. The molecular weight excluding hydrogens is 381 g/mol. The summed E-state index contributed by atoms with van der Waals surface area (Å²) in [6.45, 7) is 7.26.